The zero-order valence-corrected chi connectivity index (χ0v) is 12.3. The van der Waals surface area contributed by atoms with E-state index in [0.29, 0.717) is 19.8 Å². The Bertz CT molecular complexity index is 368. The van der Waals surface area contributed by atoms with E-state index in [0.717, 1.165) is 22.8 Å². The monoisotopic (exact) mass is 275 g/mol. The third-order valence-corrected chi connectivity index (χ3v) is 3.35. The number of methoxy groups -OCH3 is 1. The van der Waals surface area contributed by atoms with E-state index < -0.39 is 0 Å². The van der Waals surface area contributed by atoms with Crippen LogP contribution in [0.1, 0.15) is 11.4 Å². The molecule has 0 aliphatic rings. The molecule has 1 aromatic rings. The first-order valence-corrected chi connectivity index (χ1v) is 6.39. The number of ether oxygens (including phenoxy) is 2. The molecule has 0 fully saturated rings. The van der Waals surface area contributed by atoms with E-state index in [4.69, 9.17) is 21.1 Å². The third-order valence-electron chi connectivity index (χ3n) is 2.86. The number of nitrogens with zero attached hydrogens (tertiary/aromatic N) is 2. The standard InChI is InChI=1S/C12H22ClN3O2/c1-9-12(13)11(16(3)15-9)7-10(14-2)8-18-6-5-17-4/h10,14H,5-8H2,1-4H3. The van der Waals surface area contributed by atoms with Gasteiger partial charge in [-0.1, -0.05) is 11.6 Å². The van der Waals surface area contributed by atoms with Gasteiger partial charge in [-0.3, -0.25) is 4.68 Å². The molecule has 0 bridgehead atoms. The van der Waals surface area contributed by atoms with Crippen LogP contribution in [-0.2, 0) is 22.9 Å². The molecule has 104 valence electrons. The molecule has 5 nitrogen and oxygen atoms in total. The molecule has 0 aliphatic carbocycles. The molecule has 0 saturated heterocycles. The lowest BCUT2D eigenvalue weighted by atomic mass is 10.1. The van der Waals surface area contributed by atoms with Crippen LogP contribution in [0.3, 0.4) is 0 Å². The minimum absolute atomic E-state index is 0.217. The van der Waals surface area contributed by atoms with Crippen molar-refractivity contribution in [2.75, 3.05) is 34.0 Å². The van der Waals surface area contributed by atoms with E-state index in [1.54, 1.807) is 7.11 Å². The van der Waals surface area contributed by atoms with Crippen molar-refractivity contribution in [2.24, 2.45) is 7.05 Å². The van der Waals surface area contributed by atoms with Gasteiger partial charge >= 0.3 is 0 Å². The van der Waals surface area contributed by atoms with E-state index in [1.165, 1.54) is 0 Å². The fourth-order valence-corrected chi connectivity index (χ4v) is 1.98. The molecular formula is C12H22ClN3O2. The van der Waals surface area contributed by atoms with Crippen LogP contribution >= 0.6 is 11.6 Å². The topological polar surface area (TPSA) is 48.3 Å². The second kappa shape index (κ2) is 7.74. The average Bonchev–Trinajstić information content (AvgIpc) is 2.59. The Morgan fingerprint density at radius 3 is 2.67 bits per heavy atom. The van der Waals surface area contributed by atoms with Gasteiger partial charge in [0.25, 0.3) is 0 Å². The first-order valence-electron chi connectivity index (χ1n) is 6.02. The van der Waals surface area contributed by atoms with Crippen molar-refractivity contribution in [3.05, 3.63) is 16.4 Å². The number of rotatable bonds is 8. The summed E-state index contributed by atoms with van der Waals surface area (Å²) in [6.45, 7) is 3.75. The highest BCUT2D eigenvalue weighted by Crippen LogP contribution is 2.20. The van der Waals surface area contributed by atoms with Gasteiger partial charge in [0.2, 0.25) is 0 Å². The Morgan fingerprint density at radius 2 is 2.17 bits per heavy atom. The molecule has 1 aromatic heterocycles. The van der Waals surface area contributed by atoms with Crippen molar-refractivity contribution in [1.29, 1.82) is 0 Å². The predicted molar refractivity (Wildman–Crippen MR) is 72.2 cm³/mol. The third kappa shape index (κ3) is 4.24. The Morgan fingerprint density at radius 1 is 1.44 bits per heavy atom. The number of nitrogens with one attached hydrogen (secondary N) is 1. The van der Waals surface area contributed by atoms with Crippen LogP contribution in [-0.4, -0.2) is 49.8 Å². The minimum atomic E-state index is 0.217. The van der Waals surface area contributed by atoms with Crippen molar-refractivity contribution in [3.8, 4) is 0 Å². The zero-order chi connectivity index (χ0) is 13.5. The van der Waals surface area contributed by atoms with Gasteiger partial charge < -0.3 is 14.8 Å². The first kappa shape index (κ1) is 15.4. The van der Waals surface area contributed by atoms with Gasteiger partial charge in [0.05, 0.1) is 36.2 Å². The molecule has 0 aliphatic heterocycles. The summed E-state index contributed by atoms with van der Waals surface area (Å²) in [6.07, 6.45) is 0.791. The SMILES string of the molecule is CNC(COCCOC)Cc1c(Cl)c(C)nn1C. The molecule has 0 saturated carbocycles. The lowest BCUT2D eigenvalue weighted by Crippen LogP contribution is -2.33. The highest BCUT2D eigenvalue weighted by molar-refractivity contribution is 6.31. The van der Waals surface area contributed by atoms with Crippen LogP contribution in [0.2, 0.25) is 5.02 Å². The second-order valence-corrected chi connectivity index (χ2v) is 4.61. The maximum atomic E-state index is 6.23. The number of aryl methyl sites for hydroxylation is 2. The molecule has 0 spiro atoms. The molecule has 0 amide bonds. The number of likely N-dealkylation sites (N-methyl/N-ethyl adjacent to an activating group) is 1. The summed E-state index contributed by atoms with van der Waals surface area (Å²) in [5.41, 5.74) is 1.90. The van der Waals surface area contributed by atoms with Crippen LogP contribution in [0, 0.1) is 6.92 Å². The van der Waals surface area contributed by atoms with Crippen LogP contribution < -0.4 is 5.32 Å². The van der Waals surface area contributed by atoms with Crippen molar-refractivity contribution in [2.45, 2.75) is 19.4 Å². The Labute approximate surface area is 113 Å². The van der Waals surface area contributed by atoms with Gasteiger partial charge in [0.1, 0.15) is 0 Å². The number of hydrogen-bond donors (Lipinski definition) is 1. The van der Waals surface area contributed by atoms with Crippen LogP contribution in [0.5, 0.6) is 0 Å². The normalized spacial score (nSPS) is 12.9. The van der Waals surface area contributed by atoms with Gasteiger partial charge in [0, 0.05) is 26.6 Å². The van der Waals surface area contributed by atoms with Crippen molar-refractivity contribution in [1.82, 2.24) is 15.1 Å². The van der Waals surface area contributed by atoms with Gasteiger partial charge in [-0.2, -0.15) is 5.10 Å². The second-order valence-electron chi connectivity index (χ2n) is 4.23. The van der Waals surface area contributed by atoms with E-state index in [1.807, 2.05) is 25.7 Å². The summed E-state index contributed by atoms with van der Waals surface area (Å²) in [7, 11) is 5.49. The summed E-state index contributed by atoms with van der Waals surface area (Å²) < 4.78 is 12.3. The number of aromatic nitrogens is 2. The molecule has 6 heteroatoms. The average molecular weight is 276 g/mol. The first-order chi connectivity index (χ1) is 8.60. The lowest BCUT2D eigenvalue weighted by molar-refractivity contribution is 0.0595. The molecule has 1 atom stereocenters. The molecule has 18 heavy (non-hydrogen) atoms. The van der Waals surface area contributed by atoms with Gasteiger partial charge in [-0.05, 0) is 14.0 Å². The molecule has 1 unspecified atom stereocenters. The fraction of sp³-hybridized carbons (Fsp3) is 0.750. The Balaban J connectivity index is 2.51. The summed E-state index contributed by atoms with van der Waals surface area (Å²) in [5, 5.41) is 8.27. The largest absolute Gasteiger partial charge is 0.382 e. The number of hydrogen-bond acceptors (Lipinski definition) is 4. The molecule has 1 N–H and O–H groups in total. The summed E-state index contributed by atoms with van der Waals surface area (Å²) in [5.74, 6) is 0. The molecule has 0 radical (unpaired) electrons. The van der Waals surface area contributed by atoms with Crippen molar-refractivity contribution in [3.63, 3.8) is 0 Å². The highest BCUT2D eigenvalue weighted by Gasteiger charge is 2.16. The van der Waals surface area contributed by atoms with Gasteiger partial charge in [-0.25, -0.2) is 0 Å². The van der Waals surface area contributed by atoms with E-state index in [-0.39, 0.29) is 6.04 Å². The number of halogens is 1. The molecular weight excluding hydrogens is 254 g/mol. The molecule has 1 rings (SSSR count). The van der Waals surface area contributed by atoms with Crippen molar-refractivity contribution >= 4 is 11.6 Å². The Hall–Kier alpha value is -0.620. The summed E-state index contributed by atoms with van der Waals surface area (Å²) >= 11 is 6.23. The zero-order valence-electron chi connectivity index (χ0n) is 11.5. The van der Waals surface area contributed by atoms with Gasteiger partial charge in [0.15, 0.2) is 0 Å². The van der Waals surface area contributed by atoms with Gasteiger partial charge in [-0.15, -0.1) is 0 Å². The summed E-state index contributed by atoms with van der Waals surface area (Å²) in [6, 6.07) is 0.217. The quantitative estimate of drug-likeness (QED) is 0.724. The van der Waals surface area contributed by atoms with Crippen LogP contribution in [0.25, 0.3) is 0 Å². The fourth-order valence-electron chi connectivity index (χ4n) is 1.75. The van der Waals surface area contributed by atoms with Crippen LogP contribution in [0.15, 0.2) is 0 Å². The Kier molecular flexibility index (Phi) is 6.63. The smallest absolute Gasteiger partial charge is 0.0847 e. The maximum Gasteiger partial charge on any atom is 0.0847 e. The van der Waals surface area contributed by atoms with Crippen molar-refractivity contribution < 1.29 is 9.47 Å². The van der Waals surface area contributed by atoms with E-state index >= 15 is 0 Å². The summed E-state index contributed by atoms with van der Waals surface area (Å²) in [4.78, 5) is 0. The van der Waals surface area contributed by atoms with E-state index in [9.17, 15) is 0 Å². The predicted octanol–water partition coefficient (Wildman–Crippen LogP) is 1.18. The van der Waals surface area contributed by atoms with Crippen LogP contribution in [0.4, 0.5) is 0 Å². The maximum absolute atomic E-state index is 6.23. The molecule has 0 aromatic carbocycles. The minimum Gasteiger partial charge on any atom is -0.382 e. The highest BCUT2D eigenvalue weighted by atomic mass is 35.5. The lowest BCUT2D eigenvalue weighted by Gasteiger charge is -2.16. The van der Waals surface area contributed by atoms with E-state index in [2.05, 4.69) is 10.4 Å². The molecule has 1 heterocycles.